The number of carbonyl (C=O) groups is 1. The van der Waals surface area contributed by atoms with Gasteiger partial charge in [-0.2, -0.15) is 4.31 Å². The maximum absolute atomic E-state index is 12.8. The SMILES string of the molecule is COc1cccc(C(CNC(=O)c2ccc(S(=O)(=O)N3CCCC3)cc2)N2CCCC2)c1. The summed E-state index contributed by atoms with van der Waals surface area (Å²) in [6, 6.07) is 14.3. The van der Waals surface area contributed by atoms with Crippen molar-refractivity contribution in [3.63, 3.8) is 0 Å². The van der Waals surface area contributed by atoms with Gasteiger partial charge in [-0.15, -0.1) is 0 Å². The van der Waals surface area contributed by atoms with Crippen LogP contribution in [0.2, 0.25) is 0 Å². The fourth-order valence-corrected chi connectivity index (χ4v) is 6.02. The molecule has 2 aliphatic rings. The molecule has 8 heteroatoms. The van der Waals surface area contributed by atoms with Crippen LogP contribution in [-0.2, 0) is 10.0 Å². The molecule has 0 aliphatic carbocycles. The van der Waals surface area contributed by atoms with Crippen molar-refractivity contribution in [3.8, 4) is 5.75 Å². The molecule has 7 nitrogen and oxygen atoms in total. The fourth-order valence-electron chi connectivity index (χ4n) is 4.51. The predicted molar refractivity (Wildman–Crippen MR) is 123 cm³/mol. The zero-order chi connectivity index (χ0) is 22.6. The molecule has 0 aromatic heterocycles. The second-order valence-electron chi connectivity index (χ2n) is 8.38. The number of benzene rings is 2. The summed E-state index contributed by atoms with van der Waals surface area (Å²) in [4.78, 5) is 15.4. The van der Waals surface area contributed by atoms with Crippen molar-refractivity contribution < 1.29 is 17.9 Å². The molecule has 2 heterocycles. The Balaban J connectivity index is 1.44. The molecule has 32 heavy (non-hydrogen) atoms. The second-order valence-corrected chi connectivity index (χ2v) is 10.3. The summed E-state index contributed by atoms with van der Waals surface area (Å²) in [6.07, 6.45) is 4.10. The van der Waals surface area contributed by atoms with E-state index in [4.69, 9.17) is 4.74 Å². The lowest BCUT2D eigenvalue weighted by Gasteiger charge is -2.28. The lowest BCUT2D eigenvalue weighted by molar-refractivity contribution is 0.0938. The Morgan fingerprint density at radius 2 is 1.66 bits per heavy atom. The van der Waals surface area contributed by atoms with E-state index in [2.05, 4.69) is 16.3 Å². The van der Waals surface area contributed by atoms with Crippen LogP contribution < -0.4 is 10.1 Å². The zero-order valence-electron chi connectivity index (χ0n) is 18.5. The molecule has 1 unspecified atom stereocenters. The molecule has 172 valence electrons. The summed E-state index contributed by atoms with van der Waals surface area (Å²) in [7, 11) is -1.83. The lowest BCUT2D eigenvalue weighted by atomic mass is 10.0. The van der Waals surface area contributed by atoms with Crippen LogP contribution in [0.25, 0.3) is 0 Å². The summed E-state index contributed by atoms with van der Waals surface area (Å²) >= 11 is 0. The quantitative estimate of drug-likeness (QED) is 0.659. The Labute approximate surface area is 190 Å². The first kappa shape index (κ1) is 22.8. The van der Waals surface area contributed by atoms with Gasteiger partial charge in [0.1, 0.15) is 5.75 Å². The van der Waals surface area contributed by atoms with E-state index in [1.54, 1.807) is 19.2 Å². The van der Waals surface area contributed by atoms with Crippen molar-refractivity contribution in [2.75, 3.05) is 39.8 Å². The van der Waals surface area contributed by atoms with Gasteiger partial charge in [-0.05, 0) is 80.7 Å². The molecular weight excluding hydrogens is 426 g/mol. The minimum atomic E-state index is -3.48. The normalized spacial score (nSPS) is 18.5. The van der Waals surface area contributed by atoms with Gasteiger partial charge >= 0.3 is 0 Å². The standard InChI is InChI=1S/C24H31N3O4S/c1-31-21-8-6-7-20(17-21)23(26-13-2-3-14-26)18-25-24(28)19-9-11-22(12-10-19)32(29,30)27-15-4-5-16-27/h6-12,17,23H,2-5,13-16,18H2,1H3,(H,25,28). The van der Waals surface area contributed by atoms with E-state index in [-0.39, 0.29) is 16.8 Å². The van der Waals surface area contributed by atoms with Crippen LogP contribution in [0.4, 0.5) is 0 Å². The first-order valence-electron chi connectivity index (χ1n) is 11.3. The highest BCUT2D eigenvalue weighted by atomic mass is 32.2. The van der Waals surface area contributed by atoms with Crippen molar-refractivity contribution in [3.05, 3.63) is 59.7 Å². The van der Waals surface area contributed by atoms with Crippen molar-refractivity contribution in [1.29, 1.82) is 0 Å². The lowest BCUT2D eigenvalue weighted by Crippen LogP contribution is -2.36. The summed E-state index contributed by atoms with van der Waals surface area (Å²) < 4.78 is 32.3. The Hall–Kier alpha value is -2.42. The molecule has 0 saturated carbocycles. The van der Waals surface area contributed by atoms with Gasteiger partial charge in [0.15, 0.2) is 0 Å². The van der Waals surface area contributed by atoms with Crippen LogP contribution >= 0.6 is 0 Å². The maximum Gasteiger partial charge on any atom is 0.251 e. The van der Waals surface area contributed by atoms with Gasteiger partial charge < -0.3 is 10.1 Å². The molecule has 1 N–H and O–H groups in total. The maximum atomic E-state index is 12.8. The van der Waals surface area contributed by atoms with E-state index in [0.717, 1.165) is 50.1 Å². The minimum Gasteiger partial charge on any atom is -0.497 e. The Morgan fingerprint density at radius 1 is 1.00 bits per heavy atom. The van der Waals surface area contributed by atoms with Crippen LogP contribution in [0, 0.1) is 0 Å². The molecule has 2 aliphatic heterocycles. The van der Waals surface area contributed by atoms with Gasteiger partial charge in [0.05, 0.1) is 18.0 Å². The first-order valence-corrected chi connectivity index (χ1v) is 12.7. The molecule has 0 radical (unpaired) electrons. The average molecular weight is 458 g/mol. The third-order valence-electron chi connectivity index (χ3n) is 6.34. The number of hydrogen-bond donors (Lipinski definition) is 1. The summed E-state index contributed by atoms with van der Waals surface area (Å²) in [6.45, 7) is 3.60. The number of rotatable bonds is 8. The molecule has 2 fully saturated rings. The number of amides is 1. The first-order chi connectivity index (χ1) is 15.5. The second kappa shape index (κ2) is 10.0. The Bertz CT molecular complexity index is 1030. The summed E-state index contributed by atoms with van der Waals surface area (Å²) in [5.41, 5.74) is 1.56. The number of nitrogens with zero attached hydrogens (tertiary/aromatic N) is 2. The van der Waals surface area contributed by atoms with E-state index in [0.29, 0.717) is 25.2 Å². The minimum absolute atomic E-state index is 0.0615. The van der Waals surface area contributed by atoms with Crippen molar-refractivity contribution in [1.82, 2.24) is 14.5 Å². The number of sulfonamides is 1. The van der Waals surface area contributed by atoms with Crippen molar-refractivity contribution in [2.24, 2.45) is 0 Å². The average Bonchev–Trinajstić information content (AvgIpc) is 3.54. The molecule has 1 atom stereocenters. The van der Waals surface area contributed by atoms with Gasteiger partial charge in [-0.1, -0.05) is 12.1 Å². The van der Waals surface area contributed by atoms with Gasteiger partial charge in [-0.3, -0.25) is 9.69 Å². The van der Waals surface area contributed by atoms with Gasteiger partial charge in [0.2, 0.25) is 10.0 Å². The number of carbonyl (C=O) groups excluding carboxylic acids is 1. The predicted octanol–water partition coefficient (Wildman–Crippen LogP) is 3.05. The highest BCUT2D eigenvalue weighted by Gasteiger charge is 2.28. The number of likely N-dealkylation sites (tertiary alicyclic amines) is 1. The Morgan fingerprint density at radius 3 is 2.31 bits per heavy atom. The van der Waals surface area contributed by atoms with Crippen LogP contribution in [0.5, 0.6) is 5.75 Å². The summed E-state index contributed by atoms with van der Waals surface area (Å²) in [5, 5.41) is 3.04. The monoisotopic (exact) mass is 457 g/mol. The highest BCUT2D eigenvalue weighted by molar-refractivity contribution is 7.89. The highest BCUT2D eigenvalue weighted by Crippen LogP contribution is 2.27. The molecule has 0 spiro atoms. The number of methoxy groups -OCH3 is 1. The Kier molecular flexibility index (Phi) is 7.13. The third-order valence-corrected chi connectivity index (χ3v) is 8.25. The number of ether oxygens (including phenoxy) is 1. The van der Waals surface area contributed by atoms with E-state index in [9.17, 15) is 13.2 Å². The molecule has 1 amide bonds. The topological polar surface area (TPSA) is 78.9 Å². The number of nitrogens with one attached hydrogen (secondary N) is 1. The van der Waals surface area contributed by atoms with E-state index < -0.39 is 10.0 Å². The van der Waals surface area contributed by atoms with Gasteiger partial charge in [0, 0.05) is 25.2 Å². The molecule has 2 aromatic rings. The summed E-state index contributed by atoms with van der Waals surface area (Å²) in [5.74, 6) is 0.593. The van der Waals surface area contributed by atoms with E-state index in [1.807, 2.05) is 18.2 Å². The van der Waals surface area contributed by atoms with Crippen molar-refractivity contribution >= 4 is 15.9 Å². The van der Waals surface area contributed by atoms with Crippen LogP contribution in [0.3, 0.4) is 0 Å². The van der Waals surface area contributed by atoms with E-state index >= 15 is 0 Å². The van der Waals surface area contributed by atoms with Crippen molar-refractivity contribution in [2.45, 2.75) is 36.6 Å². The van der Waals surface area contributed by atoms with Gasteiger partial charge in [-0.25, -0.2) is 8.42 Å². The largest absolute Gasteiger partial charge is 0.497 e. The fraction of sp³-hybridized carbons (Fsp3) is 0.458. The van der Waals surface area contributed by atoms with Gasteiger partial charge in [0.25, 0.3) is 5.91 Å². The molecule has 2 saturated heterocycles. The molecule has 4 rings (SSSR count). The van der Waals surface area contributed by atoms with Crippen LogP contribution in [0.1, 0.15) is 47.6 Å². The van der Waals surface area contributed by atoms with Crippen LogP contribution in [-0.4, -0.2) is 63.4 Å². The molecular formula is C24H31N3O4S. The molecule has 0 bridgehead atoms. The third kappa shape index (κ3) is 4.98. The smallest absolute Gasteiger partial charge is 0.251 e. The molecule has 2 aromatic carbocycles. The van der Waals surface area contributed by atoms with Crippen LogP contribution in [0.15, 0.2) is 53.4 Å². The number of hydrogen-bond acceptors (Lipinski definition) is 5. The van der Waals surface area contributed by atoms with E-state index in [1.165, 1.54) is 16.4 Å². The zero-order valence-corrected chi connectivity index (χ0v) is 19.3.